The molecular weight excluding hydrogens is 262 g/mol. The van der Waals surface area contributed by atoms with Crippen LogP contribution in [-0.2, 0) is 25.6 Å². The number of rotatable bonds is 4. The number of carbonyl (C=O) groups is 3. The highest BCUT2D eigenvalue weighted by Crippen LogP contribution is 2.35. The van der Waals surface area contributed by atoms with Crippen molar-refractivity contribution < 1.29 is 23.9 Å². The molecule has 0 amide bonds. The van der Waals surface area contributed by atoms with E-state index in [4.69, 9.17) is 9.47 Å². The Labute approximate surface area is 116 Å². The third-order valence-electron chi connectivity index (χ3n) is 3.47. The van der Waals surface area contributed by atoms with Gasteiger partial charge < -0.3 is 14.0 Å². The van der Waals surface area contributed by atoms with Gasteiger partial charge in [-0.2, -0.15) is 0 Å². The van der Waals surface area contributed by atoms with Crippen LogP contribution in [0.5, 0.6) is 0 Å². The Morgan fingerprint density at radius 1 is 1.40 bits per heavy atom. The van der Waals surface area contributed by atoms with E-state index < -0.39 is 17.7 Å². The monoisotopic (exact) mass is 279 g/mol. The molecule has 0 N–H and O–H groups in total. The number of fused-ring (bicyclic) bond motifs is 1. The summed E-state index contributed by atoms with van der Waals surface area (Å²) in [5.41, 5.74) is 1.51. The van der Waals surface area contributed by atoms with Crippen molar-refractivity contribution in [3.05, 3.63) is 23.0 Å². The van der Waals surface area contributed by atoms with Crippen molar-refractivity contribution in [2.24, 2.45) is 0 Å². The molecule has 0 aliphatic carbocycles. The predicted molar refractivity (Wildman–Crippen MR) is 69.5 cm³/mol. The van der Waals surface area contributed by atoms with Crippen LogP contribution in [0.25, 0.3) is 0 Å². The second-order valence-corrected chi connectivity index (χ2v) is 4.68. The minimum Gasteiger partial charge on any atom is -0.469 e. The zero-order valence-electron chi connectivity index (χ0n) is 11.8. The van der Waals surface area contributed by atoms with Gasteiger partial charge in [0.2, 0.25) is 0 Å². The van der Waals surface area contributed by atoms with Crippen LogP contribution in [0, 0.1) is 6.92 Å². The Morgan fingerprint density at radius 2 is 2.10 bits per heavy atom. The van der Waals surface area contributed by atoms with Crippen LogP contribution in [0.3, 0.4) is 0 Å². The zero-order chi connectivity index (χ0) is 14.9. The van der Waals surface area contributed by atoms with Gasteiger partial charge in [-0.3, -0.25) is 9.59 Å². The first-order chi connectivity index (χ1) is 9.51. The van der Waals surface area contributed by atoms with Gasteiger partial charge in [0.1, 0.15) is 0 Å². The quantitative estimate of drug-likeness (QED) is 0.470. The first-order valence-electron chi connectivity index (χ1n) is 6.50. The molecule has 1 aromatic rings. The highest BCUT2D eigenvalue weighted by Gasteiger charge is 2.37. The molecule has 1 atom stereocenters. The normalized spacial score (nSPS) is 16.6. The van der Waals surface area contributed by atoms with Gasteiger partial charge in [0.15, 0.2) is 0 Å². The van der Waals surface area contributed by atoms with E-state index in [1.807, 2.05) is 4.57 Å². The Hall–Kier alpha value is -2.11. The van der Waals surface area contributed by atoms with Gasteiger partial charge in [0, 0.05) is 18.4 Å². The largest absolute Gasteiger partial charge is 0.469 e. The summed E-state index contributed by atoms with van der Waals surface area (Å²) in [6, 6.07) is 0. The number of hydrogen-bond acceptors (Lipinski definition) is 5. The van der Waals surface area contributed by atoms with Crippen LogP contribution in [0.15, 0.2) is 6.20 Å². The number of aromatic nitrogens is 1. The summed E-state index contributed by atoms with van der Waals surface area (Å²) in [7, 11) is 1.31. The number of ketones is 1. The summed E-state index contributed by atoms with van der Waals surface area (Å²) in [6.07, 6.45) is 2.36. The maximum absolute atomic E-state index is 12.2. The van der Waals surface area contributed by atoms with E-state index in [0.29, 0.717) is 24.2 Å². The summed E-state index contributed by atoms with van der Waals surface area (Å²) in [5.74, 6) is -2.48. The summed E-state index contributed by atoms with van der Waals surface area (Å²) >= 11 is 0. The average Bonchev–Trinajstić information content (AvgIpc) is 2.95. The summed E-state index contributed by atoms with van der Waals surface area (Å²) in [4.78, 5) is 35.6. The first kappa shape index (κ1) is 14.3. The second kappa shape index (κ2) is 5.48. The summed E-state index contributed by atoms with van der Waals surface area (Å²) in [5, 5.41) is 0. The highest BCUT2D eigenvalue weighted by molar-refractivity contribution is 6.41. The fraction of sp³-hybridized carbons (Fsp3) is 0.500. The van der Waals surface area contributed by atoms with Gasteiger partial charge in [-0.15, -0.1) is 0 Å². The highest BCUT2D eigenvalue weighted by atomic mass is 16.5. The van der Waals surface area contributed by atoms with Crippen LogP contribution in [-0.4, -0.2) is 36.0 Å². The van der Waals surface area contributed by atoms with Gasteiger partial charge in [0.25, 0.3) is 5.78 Å². The lowest BCUT2D eigenvalue weighted by molar-refractivity contribution is -0.142. The number of aryl methyl sites for hydroxylation is 2. The lowest BCUT2D eigenvalue weighted by atomic mass is 9.97. The van der Waals surface area contributed by atoms with Crippen LogP contribution in [0.2, 0.25) is 0 Å². The maximum atomic E-state index is 12.2. The van der Waals surface area contributed by atoms with Gasteiger partial charge >= 0.3 is 11.9 Å². The smallest absolute Gasteiger partial charge is 0.379 e. The van der Waals surface area contributed by atoms with Crippen LogP contribution in [0.1, 0.15) is 40.9 Å². The minimum atomic E-state index is -0.889. The molecule has 108 valence electrons. The number of esters is 2. The molecular formula is C14H17NO5. The number of methoxy groups -OCH3 is 1. The standard InChI is InChI=1S/C14H17NO5/c1-4-20-14(18)12(16)10-8(2)7-15-6-5-9(11(10)15)13(17)19-3/h7,9H,4-6H2,1-3H3. The van der Waals surface area contributed by atoms with Gasteiger partial charge in [-0.25, -0.2) is 4.79 Å². The average molecular weight is 279 g/mol. The van der Waals surface area contributed by atoms with E-state index in [0.717, 1.165) is 0 Å². The molecule has 0 spiro atoms. The molecule has 0 bridgehead atoms. The van der Waals surface area contributed by atoms with E-state index in [9.17, 15) is 14.4 Å². The predicted octanol–water partition coefficient (Wildman–Crippen LogP) is 1.20. The lowest BCUT2D eigenvalue weighted by Crippen LogP contribution is -2.21. The Morgan fingerprint density at radius 3 is 2.70 bits per heavy atom. The van der Waals surface area contributed by atoms with E-state index in [2.05, 4.69) is 0 Å². The Balaban J connectivity index is 2.43. The molecule has 0 saturated heterocycles. The van der Waals surface area contributed by atoms with E-state index in [1.54, 1.807) is 20.0 Å². The Kier molecular flexibility index (Phi) is 3.92. The molecule has 0 fully saturated rings. The molecule has 6 nitrogen and oxygen atoms in total. The number of hydrogen-bond donors (Lipinski definition) is 0. The molecule has 2 rings (SSSR count). The molecule has 1 aliphatic rings. The summed E-state index contributed by atoms with van der Waals surface area (Å²) in [6.45, 7) is 4.15. The van der Waals surface area contributed by atoms with E-state index in [-0.39, 0.29) is 18.1 Å². The molecule has 2 heterocycles. The second-order valence-electron chi connectivity index (χ2n) is 4.68. The van der Waals surface area contributed by atoms with E-state index >= 15 is 0 Å². The SMILES string of the molecule is CCOC(=O)C(=O)c1c(C)cn2c1C(C(=O)OC)CC2. The molecule has 0 radical (unpaired) electrons. The molecule has 1 unspecified atom stereocenters. The van der Waals surface area contributed by atoms with Crippen molar-refractivity contribution in [1.82, 2.24) is 4.57 Å². The minimum absolute atomic E-state index is 0.139. The first-order valence-corrected chi connectivity index (χ1v) is 6.50. The summed E-state index contributed by atoms with van der Waals surface area (Å²) < 4.78 is 11.4. The van der Waals surface area contributed by atoms with Crippen molar-refractivity contribution in [3.63, 3.8) is 0 Å². The van der Waals surface area contributed by atoms with E-state index in [1.165, 1.54) is 7.11 Å². The molecule has 20 heavy (non-hydrogen) atoms. The van der Waals surface area contributed by atoms with Crippen molar-refractivity contribution in [1.29, 1.82) is 0 Å². The fourth-order valence-corrected chi connectivity index (χ4v) is 2.64. The van der Waals surface area contributed by atoms with Crippen LogP contribution < -0.4 is 0 Å². The molecule has 0 aromatic carbocycles. The number of nitrogens with zero attached hydrogens (tertiary/aromatic N) is 1. The fourth-order valence-electron chi connectivity index (χ4n) is 2.64. The third kappa shape index (κ3) is 2.21. The molecule has 1 aliphatic heterocycles. The Bertz CT molecular complexity index is 572. The van der Waals surface area contributed by atoms with Crippen molar-refractivity contribution >= 4 is 17.7 Å². The van der Waals surface area contributed by atoms with Gasteiger partial charge in [-0.05, 0) is 25.8 Å². The number of carbonyl (C=O) groups excluding carboxylic acids is 3. The number of Topliss-reactive ketones (excluding diaryl/α,β-unsaturated/α-hetero) is 1. The third-order valence-corrected chi connectivity index (χ3v) is 3.47. The zero-order valence-corrected chi connectivity index (χ0v) is 11.8. The number of ether oxygens (including phenoxy) is 2. The lowest BCUT2D eigenvalue weighted by Gasteiger charge is -2.10. The maximum Gasteiger partial charge on any atom is 0.379 e. The van der Waals surface area contributed by atoms with Crippen LogP contribution in [0.4, 0.5) is 0 Å². The molecule has 6 heteroatoms. The van der Waals surface area contributed by atoms with Crippen molar-refractivity contribution in [2.45, 2.75) is 32.7 Å². The molecule has 0 saturated carbocycles. The topological polar surface area (TPSA) is 74.6 Å². The van der Waals surface area contributed by atoms with Crippen LogP contribution >= 0.6 is 0 Å². The molecule has 1 aromatic heterocycles. The van der Waals surface area contributed by atoms with Crippen molar-refractivity contribution in [3.8, 4) is 0 Å². The van der Waals surface area contributed by atoms with Gasteiger partial charge in [0.05, 0.1) is 25.2 Å². The van der Waals surface area contributed by atoms with Crippen molar-refractivity contribution in [2.75, 3.05) is 13.7 Å². The van der Waals surface area contributed by atoms with Gasteiger partial charge in [-0.1, -0.05) is 0 Å².